The Bertz CT molecular complexity index is 516. The van der Waals surface area contributed by atoms with Gasteiger partial charge in [0.05, 0.1) is 6.04 Å². The van der Waals surface area contributed by atoms with Crippen molar-refractivity contribution in [1.82, 2.24) is 0 Å². The van der Waals surface area contributed by atoms with Crippen LogP contribution in [0.4, 0.5) is 13.2 Å². The Balaban J connectivity index is 0.00000180. The van der Waals surface area contributed by atoms with Crippen molar-refractivity contribution in [3.8, 4) is 5.75 Å². The molecule has 0 radical (unpaired) electrons. The lowest BCUT2D eigenvalue weighted by molar-refractivity contribution is -0.274. The third-order valence-electron chi connectivity index (χ3n) is 2.38. The predicted octanol–water partition coefficient (Wildman–Crippen LogP) is 4.12. The molecule has 0 amide bonds. The van der Waals surface area contributed by atoms with Gasteiger partial charge < -0.3 is 10.5 Å². The number of para-hydroxylation sites is 1. The molecule has 0 bridgehead atoms. The highest BCUT2D eigenvalue weighted by Gasteiger charge is 2.32. The van der Waals surface area contributed by atoms with E-state index in [1.54, 1.807) is 17.5 Å². The maximum Gasteiger partial charge on any atom is 0.573 e. The molecule has 2 aromatic rings. The largest absolute Gasteiger partial charge is 0.573 e. The summed E-state index contributed by atoms with van der Waals surface area (Å²) >= 11 is 1.44. The first kappa shape index (κ1) is 15.8. The molecule has 0 aliphatic rings. The topological polar surface area (TPSA) is 35.2 Å². The summed E-state index contributed by atoms with van der Waals surface area (Å²) < 4.78 is 40.8. The predicted molar refractivity (Wildman–Crippen MR) is 70.7 cm³/mol. The normalized spacial score (nSPS) is 12.6. The minimum absolute atomic E-state index is 0. The monoisotopic (exact) mass is 309 g/mol. The molecule has 2 N–H and O–H groups in total. The number of hydrogen-bond acceptors (Lipinski definition) is 3. The zero-order valence-electron chi connectivity index (χ0n) is 9.55. The molecule has 1 aromatic heterocycles. The van der Waals surface area contributed by atoms with Gasteiger partial charge in [0.2, 0.25) is 0 Å². The lowest BCUT2D eigenvalue weighted by Gasteiger charge is -2.17. The fourth-order valence-electron chi connectivity index (χ4n) is 1.59. The van der Waals surface area contributed by atoms with E-state index in [4.69, 9.17) is 5.73 Å². The van der Waals surface area contributed by atoms with Crippen molar-refractivity contribution in [2.24, 2.45) is 5.73 Å². The molecule has 7 heteroatoms. The fourth-order valence-corrected chi connectivity index (χ4v) is 2.28. The van der Waals surface area contributed by atoms with Gasteiger partial charge in [0.1, 0.15) is 5.75 Å². The second kappa shape index (κ2) is 6.27. The van der Waals surface area contributed by atoms with E-state index in [0.29, 0.717) is 5.56 Å². The zero-order valence-corrected chi connectivity index (χ0v) is 11.2. The molecule has 104 valence electrons. The average Bonchev–Trinajstić information content (AvgIpc) is 2.80. The SMILES string of the molecule is Cl.N[C@@H](c1ccsc1)c1ccccc1OC(F)(F)F. The van der Waals surface area contributed by atoms with Crippen LogP contribution in [0.25, 0.3) is 0 Å². The Labute approximate surface area is 118 Å². The third kappa shape index (κ3) is 4.12. The zero-order chi connectivity index (χ0) is 13.2. The number of alkyl halides is 3. The standard InChI is InChI=1S/C12H10F3NOS.ClH/c13-12(14,15)17-10-4-2-1-3-9(10)11(16)8-5-6-18-7-8;/h1-7,11H,16H2;1H/t11-;/m0./s1. The highest BCUT2D eigenvalue weighted by molar-refractivity contribution is 7.08. The minimum Gasteiger partial charge on any atom is -0.405 e. The van der Waals surface area contributed by atoms with Gasteiger partial charge in [-0.3, -0.25) is 0 Å². The van der Waals surface area contributed by atoms with E-state index < -0.39 is 12.4 Å². The van der Waals surface area contributed by atoms with Crippen LogP contribution < -0.4 is 10.5 Å². The molecule has 0 saturated heterocycles. The van der Waals surface area contributed by atoms with Crippen molar-refractivity contribution < 1.29 is 17.9 Å². The summed E-state index contributed by atoms with van der Waals surface area (Å²) in [6.45, 7) is 0. The van der Waals surface area contributed by atoms with Crippen LogP contribution in [0.5, 0.6) is 5.75 Å². The van der Waals surface area contributed by atoms with E-state index in [-0.39, 0.29) is 18.2 Å². The Hall–Kier alpha value is -1.24. The first-order chi connectivity index (χ1) is 8.47. The quantitative estimate of drug-likeness (QED) is 0.925. The van der Waals surface area contributed by atoms with Crippen LogP contribution in [0.3, 0.4) is 0 Å². The Kier molecular flexibility index (Phi) is 5.22. The molecule has 0 spiro atoms. The highest BCUT2D eigenvalue weighted by Crippen LogP contribution is 2.32. The van der Waals surface area contributed by atoms with Gasteiger partial charge >= 0.3 is 6.36 Å². The molecule has 2 nitrogen and oxygen atoms in total. The van der Waals surface area contributed by atoms with Crippen molar-refractivity contribution >= 4 is 23.7 Å². The molecule has 0 aliphatic carbocycles. The third-order valence-corrected chi connectivity index (χ3v) is 3.08. The summed E-state index contributed by atoms with van der Waals surface area (Å²) in [7, 11) is 0. The minimum atomic E-state index is -4.72. The van der Waals surface area contributed by atoms with Crippen LogP contribution in [-0.2, 0) is 0 Å². The molecule has 0 unspecified atom stereocenters. The second-order valence-corrected chi connectivity index (χ2v) is 4.40. The van der Waals surface area contributed by atoms with E-state index >= 15 is 0 Å². The summed E-state index contributed by atoms with van der Waals surface area (Å²) in [5.41, 5.74) is 7.02. The maximum atomic E-state index is 12.3. The van der Waals surface area contributed by atoms with Crippen LogP contribution in [0.1, 0.15) is 17.2 Å². The summed E-state index contributed by atoms with van der Waals surface area (Å²) in [6, 6.07) is 7.04. The van der Waals surface area contributed by atoms with Gasteiger partial charge in [0.15, 0.2) is 0 Å². The molecule has 0 saturated carbocycles. The number of thiophene rings is 1. The highest BCUT2D eigenvalue weighted by atomic mass is 35.5. The van der Waals surface area contributed by atoms with Crippen LogP contribution in [-0.4, -0.2) is 6.36 Å². The van der Waals surface area contributed by atoms with Gasteiger partial charge in [-0.05, 0) is 28.5 Å². The van der Waals surface area contributed by atoms with E-state index in [2.05, 4.69) is 4.74 Å². The smallest absolute Gasteiger partial charge is 0.405 e. The van der Waals surface area contributed by atoms with Gasteiger partial charge in [-0.2, -0.15) is 11.3 Å². The lowest BCUT2D eigenvalue weighted by Crippen LogP contribution is -2.20. The molecule has 1 heterocycles. The van der Waals surface area contributed by atoms with E-state index in [0.717, 1.165) is 5.56 Å². The molecular weight excluding hydrogens is 299 g/mol. The molecule has 19 heavy (non-hydrogen) atoms. The first-order valence-corrected chi connectivity index (χ1v) is 6.04. The van der Waals surface area contributed by atoms with Gasteiger partial charge in [-0.25, -0.2) is 0 Å². The number of hydrogen-bond donors (Lipinski definition) is 1. The van der Waals surface area contributed by atoms with Crippen LogP contribution in [0, 0.1) is 0 Å². The van der Waals surface area contributed by atoms with Crippen molar-refractivity contribution in [1.29, 1.82) is 0 Å². The van der Waals surface area contributed by atoms with Gasteiger partial charge in [0, 0.05) is 5.56 Å². The Morgan fingerprint density at radius 3 is 2.42 bits per heavy atom. The number of rotatable bonds is 3. The van der Waals surface area contributed by atoms with Crippen molar-refractivity contribution in [3.05, 3.63) is 52.2 Å². The van der Waals surface area contributed by atoms with Crippen LogP contribution >= 0.6 is 23.7 Å². The number of benzene rings is 1. The Morgan fingerprint density at radius 2 is 1.84 bits per heavy atom. The van der Waals surface area contributed by atoms with Crippen molar-refractivity contribution in [2.45, 2.75) is 12.4 Å². The fraction of sp³-hybridized carbons (Fsp3) is 0.167. The average molecular weight is 310 g/mol. The van der Waals surface area contributed by atoms with Gasteiger partial charge in [-0.15, -0.1) is 25.6 Å². The molecule has 1 aromatic carbocycles. The second-order valence-electron chi connectivity index (χ2n) is 3.62. The number of nitrogens with two attached hydrogens (primary N) is 1. The molecule has 2 rings (SSSR count). The summed E-state index contributed by atoms with van der Waals surface area (Å²) in [5, 5.41) is 3.62. The van der Waals surface area contributed by atoms with Crippen LogP contribution in [0.2, 0.25) is 0 Å². The van der Waals surface area contributed by atoms with E-state index in [9.17, 15) is 13.2 Å². The summed E-state index contributed by atoms with van der Waals surface area (Å²) in [4.78, 5) is 0. The number of halogens is 4. The molecule has 0 aliphatic heterocycles. The summed E-state index contributed by atoms with van der Waals surface area (Å²) in [5.74, 6) is -0.260. The summed E-state index contributed by atoms with van der Waals surface area (Å²) in [6.07, 6.45) is -4.72. The van der Waals surface area contributed by atoms with Crippen molar-refractivity contribution in [2.75, 3.05) is 0 Å². The van der Waals surface area contributed by atoms with Gasteiger partial charge in [-0.1, -0.05) is 18.2 Å². The number of ether oxygens (including phenoxy) is 1. The Morgan fingerprint density at radius 1 is 1.16 bits per heavy atom. The van der Waals surface area contributed by atoms with Gasteiger partial charge in [0.25, 0.3) is 0 Å². The van der Waals surface area contributed by atoms with E-state index in [1.807, 2.05) is 5.38 Å². The van der Waals surface area contributed by atoms with Crippen LogP contribution in [0.15, 0.2) is 41.1 Å². The van der Waals surface area contributed by atoms with E-state index in [1.165, 1.54) is 29.5 Å². The first-order valence-electron chi connectivity index (χ1n) is 5.10. The van der Waals surface area contributed by atoms with Crippen molar-refractivity contribution in [3.63, 3.8) is 0 Å². The molecule has 1 atom stereocenters. The molecule has 0 fully saturated rings. The maximum absolute atomic E-state index is 12.3. The molecular formula is C12H11ClF3NOS. The lowest BCUT2D eigenvalue weighted by atomic mass is 10.0.